The molecule has 0 aliphatic heterocycles. The fourth-order valence-electron chi connectivity index (χ4n) is 2.90. The highest BCUT2D eigenvalue weighted by Gasteiger charge is 2.48. The van der Waals surface area contributed by atoms with E-state index in [4.69, 9.17) is 4.74 Å². The van der Waals surface area contributed by atoms with Gasteiger partial charge in [0.15, 0.2) is 0 Å². The van der Waals surface area contributed by atoms with E-state index in [1.165, 1.54) is 0 Å². The summed E-state index contributed by atoms with van der Waals surface area (Å²) in [7, 11) is -0.666. The van der Waals surface area contributed by atoms with Crippen LogP contribution in [0.1, 0.15) is 151 Å². The van der Waals surface area contributed by atoms with E-state index in [0.717, 1.165) is 12.3 Å². The minimum Gasteiger partial charge on any atom is -0.396 e. The van der Waals surface area contributed by atoms with Gasteiger partial charge in [-0.3, -0.25) is 4.79 Å². The van der Waals surface area contributed by atoms with Gasteiger partial charge in [0.2, 0.25) is 5.91 Å². The van der Waals surface area contributed by atoms with Crippen LogP contribution in [0, 0.1) is 11.3 Å². The molecule has 0 aromatic carbocycles. The number of nitrogens with one attached hydrogen (secondary N) is 1. The zero-order valence-electron chi connectivity index (χ0n) is 30.9. The van der Waals surface area contributed by atoms with E-state index in [0.29, 0.717) is 11.7 Å². The molecule has 0 aliphatic carbocycles. The number of aliphatic hydroxyl groups is 1. The van der Waals surface area contributed by atoms with Crippen molar-refractivity contribution < 1.29 is 14.6 Å². The molecule has 0 fully saturated rings. The van der Waals surface area contributed by atoms with Crippen LogP contribution in [0.4, 0.5) is 0 Å². The highest BCUT2D eigenvalue weighted by Crippen LogP contribution is 2.44. The zero-order valence-corrected chi connectivity index (χ0v) is 31.8. The predicted molar refractivity (Wildman–Crippen MR) is 182 cm³/mol. The van der Waals surface area contributed by atoms with Gasteiger partial charge in [-0.1, -0.05) is 83.1 Å². The van der Waals surface area contributed by atoms with Gasteiger partial charge in [-0.05, 0) is 98.2 Å². The van der Waals surface area contributed by atoms with E-state index in [1.807, 2.05) is 96.9 Å². The van der Waals surface area contributed by atoms with Gasteiger partial charge in [-0.25, -0.2) is 10.0 Å². The van der Waals surface area contributed by atoms with Gasteiger partial charge in [-0.2, -0.15) is 0 Å². The van der Waals surface area contributed by atoms with Crippen molar-refractivity contribution in [2.24, 2.45) is 11.3 Å². The molecule has 0 spiro atoms. The highest BCUT2D eigenvalue weighted by molar-refractivity contribution is 8.32. The smallest absolute Gasteiger partial charge is 0.228 e. The molecule has 0 radical (unpaired) electrons. The van der Waals surface area contributed by atoms with Crippen molar-refractivity contribution in [2.45, 2.75) is 173 Å². The molecule has 0 rings (SSSR count). The zero-order chi connectivity index (χ0) is 32.8. The normalized spacial score (nSPS) is 12.8. The van der Waals surface area contributed by atoms with E-state index in [1.54, 1.807) is 0 Å². The molecule has 0 heterocycles. The Balaban J connectivity index is -0.000000183. The van der Waals surface area contributed by atoms with E-state index < -0.39 is 26.6 Å². The molecule has 0 aromatic rings. The quantitative estimate of drug-likeness (QED) is 0.275. The summed E-state index contributed by atoms with van der Waals surface area (Å²) in [6.07, 6.45) is 8.44. The molecule has 1 atom stereocenters. The van der Waals surface area contributed by atoms with Crippen molar-refractivity contribution in [2.75, 3.05) is 25.4 Å². The lowest BCUT2D eigenvalue weighted by Gasteiger charge is -2.46. The Labute approximate surface area is 245 Å². The maximum Gasteiger partial charge on any atom is 0.228 e. The standard InChI is InChI=1S/C21H45NO3S.C4H10.4C2H6/c1-16(26(10,11)12)15-18(2,3)22-17(24)20(6,7)21(8,9)25-19(4,5)13-14-23;1-4(2)3;4*1-2/h16,23H,13-15H2,1-12H3,(H,22,24);4H,1-3H3;4*1-2H3. The molecule has 0 saturated heterocycles. The van der Waals surface area contributed by atoms with Gasteiger partial charge in [0, 0.05) is 12.1 Å². The molecule has 5 heteroatoms. The highest BCUT2D eigenvalue weighted by atomic mass is 32.3. The van der Waals surface area contributed by atoms with Crippen LogP contribution in [0.2, 0.25) is 0 Å². The summed E-state index contributed by atoms with van der Waals surface area (Å²) >= 11 is 0. The first-order valence-electron chi connectivity index (χ1n) is 15.3. The molecule has 38 heavy (non-hydrogen) atoms. The summed E-state index contributed by atoms with van der Waals surface area (Å²) in [4.78, 5) is 13.2. The topological polar surface area (TPSA) is 58.6 Å². The summed E-state index contributed by atoms with van der Waals surface area (Å²) in [6.45, 7) is 40.7. The maximum absolute atomic E-state index is 13.2. The fourth-order valence-corrected chi connectivity index (χ4v) is 3.81. The first kappa shape index (κ1) is 50.6. The molecule has 0 saturated carbocycles. The number of hydrogen-bond acceptors (Lipinski definition) is 3. The minimum atomic E-state index is -0.713. The second kappa shape index (κ2) is 24.5. The Hall–Kier alpha value is -0.260. The first-order valence-corrected chi connectivity index (χ1v) is 18.2. The van der Waals surface area contributed by atoms with Gasteiger partial charge >= 0.3 is 0 Å². The number of rotatable bonds is 10. The SMILES string of the molecule is CC.CC.CC.CC.CC(C)C.CC(CC(C)(C)NC(=O)C(C)(C)C(C)(C)OC(C)(C)CCO)S(C)(C)C. The Morgan fingerprint density at radius 2 is 1.08 bits per heavy atom. The van der Waals surface area contributed by atoms with Crippen molar-refractivity contribution in [1.82, 2.24) is 5.32 Å². The number of aliphatic hydroxyl groups excluding tert-OH is 1. The lowest BCUT2D eigenvalue weighted by Crippen LogP contribution is -2.58. The Kier molecular flexibility index (Phi) is 32.6. The third-order valence-electron chi connectivity index (χ3n) is 5.77. The van der Waals surface area contributed by atoms with E-state index in [9.17, 15) is 9.90 Å². The monoisotopic (exact) mass is 570 g/mol. The van der Waals surface area contributed by atoms with Crippen LogP contribution in [0.5, 0.6) is 0 Å². The number of amides is 1. The average molecular weight is 570 g/mol. The second-order valence-electron chi connectivity index (χ2n) is 12.5. The van der Waals surface area contributed by atoms with E-state index in [-0.39, 0.29) is 18.1 Å². The average Bonchev–Trinajstić information content (AvgIpc) is 2.76. The number of hydrogen-bond donors (Lipinski definition) is 2. The van der Waals surface area contributed by atoms with Gasteiger partial charge in [-0.15, -0.1) is 0 Å². The lowest BCUT2D eigenvalue weighted by atomic mass is 9.75. The van der Waals surface area contributed by atoms with Crippen molar-refractivity contribution in [3.05, 3.63) is 0 Å². The van der Waals surface area contributed by atoms with Crippen LogP contribution < -0.4 is 5.32 Å². The number of carbonyl (C=O) groups excluding carboxylic acids is 1. The number of carbonyl (C=O) groups is 1. The molecule has 1 unspecified atom stereocenters. The van der Waals surface area contributed by atoms with Crippen molar-refractivity contribution in [3.8, 4) is 0 Å². The summed E-state index contributed by atoms with van der Waals surface area (Å²) < 4.78 is 6.28. The summed E-state index contributed by atoms with van der Waals surface area (Å²) in [6, 6.07) is 0. The lowest BCUT2D eigenvalue weighted by molar-refractivity contribution is -0.186. The van der Waals surface area contributed by atoms with E-state index >= 15 is 0 Å². The Morgan fingerprint density at radius 1 is 0.763 bits per heavy atom. The molecule has 0 bridgehead atoms. The minimum absolute atomic E-state index is 0.00316. The second-order valence-corrected chi connectivity index (χ2v) is 17.2. The van der Waals surface area contributed by atoms with Crippen molar-refractivity contribution in [1.29, 1.82) is 0 Å². The summed E-state index contributed by atoms with van der Waals surface area (Å²) in [5.41, 5.74) is -2.15. The molecule has 240 valence electrons. The van der Waals surface area contributed by atoms with E-state index in [2.05, 4.69) is 65.6 Å². The largest absolute Gasteiger partial charge is 0.396 e. The van der Waals surface area contributed by atoms with Gasteiger partial charge in [0.25, 0.3) is 0 Å². The van der Waals surface area contributed by atoms with Gasteiger partial charge < -0.3 is 15.2 Å². The molecule has 2 N–H and O–H groups in total. The van der Waals surface area contributed by atoms with Gasteiger partial charge in [0.05, 0.1) is 16.6 Å². The van der Waals surface area contributed by atoms with Crippen LogP contribution in [0.25, 0.3) is 0 Å². The molecule has 0 aromatic heterocycles. The van der Waals surface area contributed by atoms with Crippen LogP contribution in [-0.4, -0.2) is 58.4 Å². The third-order valence-corrected chi connectivity index (χ3v) is 8.36. The molecule has 1 amide bonds. The predicted octanol–water partition coefficient (Wildman–Crippen LogP) is 10.1. The summed E-state index contributed by atoms with van der Waals surface area (Å²) in [5, 5.41) is 13.1. The summed E-state index contributed by atoms with van der Waals surface area (Å²) in [5.74, 6) is 0.836. The molecule has 0 aliphatic rings. The molecular weight excluding hydrogens is 490 g/mol. The van der Waals surface area contributed by atoms with Crippen LogP contribution in [0.15, 0.2) is 0 Å². The van der Waals surface area contributed by atoms with Crippen LogP contribution in [-0.2, 0) is 9.53 Å². The first-order chi connectivity index (χ1) is 17.0. The third kappa shape index (κ3) is 26.0. The van der Waals surface area contributed by atoms with Crippen molar-refractivity contribution in [3.63, 3.8) is 0 Å². The molecule has 4 nitrogen and oxygen atoms in total. The van der Waals surface area contributed by atoms with Crippen LogP contribution in [0.3, 0.4) is 0 Å². The maximum atomic E-state index is 13.2. The number of ether oxygens (including phenoxy) is 1. The Bertz CT molecular complexity index is 516. The van der Waals surface area contributed by atoms with Crippen molar-refractivity contribution >= 4 is 15.9 Å². The van der Waals surface area contributed by atoms with Crippen LogP contribution >= 0.6 is 10.0 Å². The fraction of sp³-hybridized carbons (Fsp3) is 0.970. The van der Waals surface area contributed by atoms with Gasteiger partial charge in [0.1, 0.15) is 0 Å². The Morgan fingerprint density at radius 3 is 1.34 bits per heavy atom. The molecular formula is C33H79NO3S.